The number of hydrogen-bond donors (Lipinski definition) is 2. The van der Waals surface area contributed by atoms with Gasteiger partial charge in [-0.05, 0) is 47.5 Å². The summed E-state index contributed by atoms with van der Waals surface area (Å²) in [6.07, 6.45) is 1.28. The van der Waals surface area contributed by atoms with E-state index >= 15 is 0 Å². The zero-order chi connectivity index (χ0) is 19.9. The van der Waals surface area contributed by atoms with E-state index in [9.17, 15) is 9.59 Å². The van der Waals surface area contributed by atoms with E-state index in [1.54, 1.807) is 0 Å². The van der Waals surface area contributed by atoms with E-state index in [2.05, 4.69) is 15.5 Å². The largest absolute Gasteiger partial charge is 0.489 e. The lowest BCUT2D eigenvalue weighted by molar-refractivity contribution is -0.138. The molecule has 0 spiro atoms. The predicted octanol–water partition coefficient (Wildman–Crippen LogP) is 3.32. The van der Waals surface area contributed by atoms with E-state index < -0.39 is 11.2 Å². The highest BCUT2D eigenvalue weighted by Gasteiger charge is 2.32. The number of amidine groups is 1. The molecule has 1 fully saturated rings. The van der Waals surface area contributed by atoms with Crippen LogP contribution in [-0.2, 0) is 16.2 Å². The van der Waals surface area contributed by atoms with Crippen LogP contribution in [0.15, 0.2) is 58.7 Å². The van der Waals surface area contributed by atoms with E-state index in [0.717, 1.165) is 22.9 Å². The van der Waals surface area contributed by atoms with Gasteiger partial charge in [0.15, 0.2) is 5.17 Å². The number of aliphatic carboxylic acids is 1. The molecule has 1 unspecified atom stereocenters. The van der Waals surface area contributed by atoms with Crippen molar-refractivity contribution < 1.29 is 19.4 Å². The molecule has 144 valence electrons. The van der Waals surface area contributed by atoms with Gasteiger partial charge >= 0.3 is 5.97 Å². The number of ether oxygens (including phenoxy) is 1. The summed E-state index contributed by atoms with van der Waals surface area (Å²) in [4.78, 5) is 22.3. The second-order valence-corrected chi connectivity index (χ2v) is 7.46. The minimum absolute atomic E-state index is 0.254. The zero-order valence-electron chi connectivity index (χ0n) is 14.5. The first-order valence-corrected chi connectivity index (χ1v) is 9.53. The SMILES string of the molecule is O=C(O)CC1S/C(=N/N=C/c2ccc(OCc3cccc(Cl)c3)cc2)NC1=O. The highest BCUT2D eigenvalue weighted by atomic mass is 35.5. The second-order valence-electron chi connectivity index (χ2n) is 5.83. The molecule has 7 nitrogen and oxygen atoms in total. The number of nitrogens with one attached hydrogen (secondary N) is 1. The van der Waals surface area contributed by atoms with Crippen LogP contribution < -0.4 is 10.1 Å². The Bertz CT molecular complexity index is 931. The molecule has 1 aliphatic heterocycles. The van der Waals surface area contributed by atoms with Crippen LogP contribution in [0, 0.1) is 0 Å². The van der Waals surface area contributed by atoms with Gasteiger partial charge in [-0.1, -0.05) is 35.5 Å². The van der Waals surface area contributed by atoms with Gasteiger partial charge in [0.25, 0.3) is 0 Å². The van der Waals surface area contributed by atoms with Crippen molar-refractivity contribution in [2.45, 2.75) is 18.3 Å². The van der Waals surface area contributed by atoms with E-state index in [1.165, 1.54) is 6.21 Å². The zero-order valence-corrected chi connectivity index (χ0v) is 16.1. The molecule has 0 saturated carbocycles. The van der Waals surface area contributed by atoms with Crippen LogP contribution in [0.4, 0.5) is 0 Å². The van der Waals surface area contributed by atoms with Gasteiger partial charge in [0, 0.05) is 5.02 Å². The number of benzene rings is 2. The van der Waals surface area contributed by atoms with E-state index in [1.807, 2.05) is 48.5 Å². The number of halogens is 1. The lowest BCUT2D eigenvalue weighted by atomic mass is 10.2. The quantitative estimate of drug-likeness (QED) is 0.531. The first kappa shape index (κ1) is 19.9. The van der Waals surface area contributed by atoms with Crippen molar-refractivity contribution in [3.63, 3.8) is 0 Å². The normalized spacial score (nSPS) is 17.8. The first-order chi connectivity index (χ1) is 13.5. The Morgan fingerprint density at radius 2 is 2.07 bits per heavy atom. The summed E-state index contributed by atoms with van der Waals surface area (Å²) < 4.78 is 5.71. The van der Waals surface area contributed by atoms with Gasteiger partial charge in [0.1, 0.15) is 17.6 Å². The summed E-state index contributed by atoms with van der Waals surface area (Å²) in [5, 5.41) is 19.4. The molecule has 2 aromatic rings. The number of nitrogens with zero attached hydrogens (tertiary/aromatic N) is 2. The fourth-order valence-corrected chi connectivity index (χ4v) is 3.46. The Hall–Kier alpha value is -2.84. The van der Waals surface area contributed by atoms with Crippen LogP contribution >= 0.6 is 23.4 Å². The molecule has 28 heavy (non-hydrogen) atoms. The Morgan fingerprint density at radius 1 is 1.29 bits per heavy atom. The fourth-order valence-electron chi connectivity index (χ4n) is 2.34. The van der Waals surface area contributed by atoms with Gasteiger partial charge in [-0.2, -0.15) is 5.10 Å². The maximum Gasteiger partial charge on any atom is 0.305 e. The molecule has 0 aromatic heterocycles. The van der Waals surface area contributed by atoms with Crippen LogP contribution in [-0.4, -0.2) is 33.6 Å². The van der Waals surface area contributed by atoms with Crippen LogP contribution in [0.1, 0.15) is 17.5 Å². The Labute approximate surface area is 170 Å². The second kappa shape index (κ2) is 9.38. The molecule has 0 aliphatic carbocycles. The fraction of sp³-hybridized carbons (Fsp3) is 0.158. The number of carboxylic acids is 1. The van der Waals surface area contributed by atoms with Crippen molar-refractivity contribution in [3.05, 3.63) is 64.7 Å². The summed E-state index contributed by atoms with van der Waals surface area (Å²) in [6.45, 7) is 0.413. The molecule has 1 heterocycles. The first-order valence-electron chi connectivity index (χ1n) is 8.27. The molecular weight excluding hydrogens is 402 g/mol. The number of carbonyl (C=O) groups is 2. The molecule has 3 rings (SSSR count). The molecule has 1 amide bonds. The van der Waals surface area contributed by atoms with Crippen molar-refractivity contribution in [2.75, 3.05) is 0 Å². The van der Waals surface area contributed by atoms with Gasteiger partial charge < -0.3 is 15.2 Å². The molecule has 0 bridgehead atoms. The monoisotopic (exact) mass is 417 g/mol. The van der Waals surface area contributed by atoms with E-state index in [4.69, 9.17) is 21.4 Å². The highest BCUT2D eigenvalue weighted by Crippen LogP contribution is 2.22. The summed E-state index contributed by atoms with van der Waals surface area (Å²) >= 11 is 7.01. The van der Waals surface area contributed by atoms with Crippen LogP contribution in [0.25, 0.3) is 0 Å². The number of carbonyl (C=O) groups excluding carboxylic acids is 1. The number of carboxylic acid groups (broad SMARTS) is 1. The third kappa shape index (κ3) is 5.83. The lowest BCUT2D eigenvalue weighted by Gasteiger charge is -2.06. The molecular formula is C19H16ClN3O4S. The molecule has 0 radical (unpaired) electrons. The number of rotatable bonds is 7. The molecule has 1 atom stereocenters. The van der Waals surface area contributed by atoms with Crippen LogP contribution in [0.2, 0.25) is 5.02 Å². The van der Waals surface area contributed by atoms with Crippen molar-refractivity contribution >= 4 is 46.6 Å². The summed E-state index contributed by atoms with van der Waals surface area (Å²) in [5.74, 6) is -0.698. The van der Waals surface area contributed by atoms with Crippen LogP contribution in [0.3, 0.4) is 0 Å². The molecule has 1 aliphatic rings. The van der Waals surface area contributed by atoms with E-state index in [0.29, 0.717) is 17.4 Å². The van der Waals surface area contributed by atoms with Gasteiger partial charge in [0.2, 0.25) is 5.91 Å². The average molecular weight is 418 g/mol. The van der Waals surface area contributed by atoms with Crippen molar-refractivity contribution in [2.24, 2.45) is 10.2 Å². The molecule has 2 aromatic carbocycles. The topological polar surface area (TPSA) is 100 Å². The highest BCUT2D eigenvalue weighted by molar-refractivity contribution is 8.15. The van der Waals surface area contributed by atoms with Gasteiger partial charge in [-0.25, -0.2) is 0 Å². The summed E-state index contributed by atoms with van der Waals surface area (Å²) in [5.41, 5.74) is 1.78. The molecule has 1 saturated heterocycles. The lowest BCUT2D eigenvalue weighted by Crippen LogP contribution is -2.26. The smallest absolute Gasteiger partial charge is 0.305 e. The third-order valence-electron chi connectivity index (χ3n) is 3.67. The average Bonchev–Trinajstić information content (AvgIpc) is 3.00. The number of thioether (sulfide) groups is 1. The van der Waals surface area contributed by atoms with Gasteiger partial charge in [-0.3, -0.25) is 9.59 Å². The molecule has 9 heteroatoms. The van der Waals surface area contributed by atoms with E-state index in [-0.39, 0.29) is 17.5 Å². The molecule has 2 N–H and O–H groups in total. The van der Waals surface area contributed by atoms with Gasteiger partial charge in [0.05, 0.1) is 12.6 Å². The number of amides is 1. The maximum absolute atomic E-state index is 11.6. The minimum atomic E-state index is -1.03. The summed E-state index contributed by atoms with van der Waals surface area (Å²) in [7, 11) is 0. The minimum Gasteiger partial charge on any atom is -0.489 e. The van der Waals surface area contributed by atoms with Crippen molar-refractivity contribution in [1.29, 1.82) is 0 Å². The van der Waals surface area contributed by atoms with Crippen LogP contribution in [0.5, 0.6) is 5.75 Å². The van der Waals surface area contributed by atoms with Crippen molar-refractivity contribution in [3.8, 4) is 5.75 Å². The summed E-state index contributed by atoms with van der Waals surface area (Å²) in [6, 6.07) is 14.7. The third-order valence-corrected chi connectivity index (χ3v) is 4.97. The maximum atomic E-state index is 11.6. The van der Waals surface area contributed by atoms with Gasteiger partial charge in [-0.15, -0.1) is 5.10 Å². The number of hydrogen-bond acceptors (Lipinski definition) is 6. The Morgan fingerprint density at radius 3 is 2.79 bits per heavy atom. The Balaban J connectivity index is 1.52. The Kier molecular flexibility index (Phi) is 6.67. The standard InChI is InChI=1S/C19H16ClN3O4S/c20-14-3-1-2-13(8-14)11-27-15-6-4-12(5-7-15)10-21-23-19-22-18(26)16(28-19)9-17(24)25/h1-8,10,16H,9,11H2,(H,24,25)(H,22,23,26)/b21-10+. The van der Waals surface area contributed by atoms with Crippen molar-refractivity contribution in [1.82, 2.24) is 5.32 Å². The predicted molar refractivity (Wildman–Crippen MR) is 109 cm³/mol.